The molecule has 0 saturated carbocycles. The number of anilines is 2. The summed E-state index contributed by atoms with van der Waals surface area (Å²) in [5.74, 6) is 1.07. The van der Waals surface area contributed by atoms with Crippen molar-refractivity contribution in [2.75, 3.05) is 29.6 Å². The standard InChI is InChI=1S/C28H26N4O3S/c1-18-7-8-22(13-19(18)2)30-27(34)32-11-12-36-28(32)24-15-23(35-3)9-10-25(24)31(26(28)33)17-21-6-4-5-20(14-21)16-29/h4-10,13-15H,11-12,17H2,1-3H3,(H,30,34). The highest BCUT2D eigenvalue weighted by Gasteiger charge is 2.59. The van der Waals surface area contributed by atoms with Crippen LogP contribution in [-0.4, -0.2) is 36.2 Å². The molecule has 1 unspecified atom stereocenters. The summed E-state index contributed by atoms with van der Waals surface area (Å²) in [7, 11) is 1.59. The van der Waals surface area contributed by atoms with E-state index in [1.807, 2.05) is 62.4 Å². The zero-order chi connectivity index (χ0) is 25.4. The molecule has 182 valence electrons. The van der Waals surface area contributed by atoms with Crippen LogP contribution in [0.1, 0.15) is 27.8 Å². The summed E-state index contributed by atoms with van der Waals surface area (Å²) >= 11 is 1.46. The maximum atomic E-state index is 14.2. The Labute approximate surface area is 214 Å². The second-order valence-electron chi connectivity index (χ2n) is 8.96. The average molecular weight is 499 g/mol. The third kappa shape index (κ3) is 3.86. The van der Waals surface area contributed by atoms with Gasteiger partial charge in [0.15, 0.2) is 4.87 Å². The molecule has 1 spiro atoms. The van der Waals surface area contributed by atoms with Crippen LogP contribution in [0.2, 0.25) is 0 Å². The van der Waals surface area contributed by atoms with Crippen molar-refractivity contribution in [3.63, 3.8) is 0 Å². The van der Waals surface area contributed by atoms with Gasteiger partial charge < -0.3 is 15.0 Å². The summed E-state index contributed by atoms with van der Waals surface area (Å²) in [6.07, 6.45) is 0. The molecule has 7 nitrogen and oxygen atoms in total. The van der Waals surface area contributed by atoms with E-state index in [-0.39, 0.29) is 11.9 Å². The minimum Gasteiger partial charge on any atom is -0.497 e. The Kier molecular flexibility index (Phi) is 6.10. The van der Waals surface area contributed by atoms with Crippen LogP contribution in [0.5, 0.6) is 5.75 Å². The Bertz CT molecular complexity index is 1420. The zero-order valence-corrected chi connectivity index (χ0v) is 21.2. The lowest BCUT2D eigenvalue weighted by Gasteiger charge is -2.33. The smallest absolute Gasteiger partial charge is 0.323 e. The van der Waals surface area contributed by atoms with Crippen molar-refractivity contribution in [2.45, 2.75) is 25.3 Å². The number of benzene rings is 3. The van der Waals surface area contributed by atoms with Crippen molar-refractivity contribution in [1.82, 2.24) is 4.90 Å². The third-order valence-corrected chi connectivity index (χ3v) is 8.22. The minimum absolute atomic E-state index is 0.175. The summed E-state index contributed by atoms with van der Waals surface area (Å²) in [5.41, 5.74) is 5.77. The zero-order valence-electron chi connectivity index (χ0n) is 20.4. The van der Waals surface area contributed by atoms with Crippen LogP contribution >= 0.6 is 11.8 Å². The van der Waals surface area contributed by atoms with E-state index >= 15 is 0 Å². The first-order chi connectivity index (χ1) is 17.4. The molecule has 2 heterocycles. The molecule has 2 aliphatic heterocycles. The van der Waals surface area contributed by atoms with Gasteiger partial charge >= 0.3 is 6.03 Å². The van der Waals surface area contributed by atoms with Gasteiger partial charge in [0.25, 0.3) is 5.91 Å². The molecule has 5 rings (SSSR count). The van der Waals surface area contributed by atoms with Crippen molar-refractivity contribution in [3.8, 4) is 11.8 Å². The topological polar surface area (TPSA) is 85.7 Å². The molecule has 0 aliphatic carbocycles. The van der Waals surface area contributed by atoms with Gasteiger partial charge in [0.05, 0.1) is 31.0 Å². The number of fused-ring (bicyclic) bond motifs is 2. The fraction of sp³-hybridized carbons (Fsp3) is 0.250. The average Bonchev–Trinajstić information content (AvgIpc) is 3.43. The summed E-state index contributed by atoms with van der Waals surface area (Å²) in [6.45, 7) is 4.75. The van der Waals surface area contributed by atoms with Gasteiger partial charge in [0.1, 0.15) is 5.75 Å². The number of urea groups is 1. The number of ether oxygens (including phenoxy) is 1. The van der Waals surface area contributed by atoms with E-state index in [1.54, 1.807) is 29.0 Å². The summed E-state index contributed by atoms with van der Waals surface area (Å²) in [5, 5.41) is 12.3. The van der Waals surface area contributed by atoms with Crippen LogP contribution in [0.25, 0.3) is 0 Å². The highest BCUT2D eigenvalue weighted by atomic mass is 32.2. The monoisotopic (exact) mass is 498 g/mol. The van der Waals surface area contributed by atoms with Gasteiger partial charge in [0.2, 0.25) is 0 Å². The van der Waals surface area contributed by atoms with Crippen LogP contribution in [0.3, 0.4) is 0 Å². The fourth-order valence-electron chi connectivity index (χ4n) is 4.81. The second kappa shape index (κ2) is 9.25. The number of nitrogens with zero attached hydrogens (tertiary/aromatic N) is 3. The second-order valence-corrected chi connectivity index (χ2v) is 10.2. The summed E-state index contributed by atoms with van der Waals surface area (Å²) < 4.78 is 5.48. The molecular formula is C28H26N4O3S. The van der Waals surface area contributed by atoms with Crippen LogP contribution in [-0.2, 0) is 16.2 Å². The number of methoxy groups -OCH3 is 1. The first kappa shape index (κ1) is 23.8. The van der Waals surface area contributed by atoms with Crippen molar-refractivity contribution in [1.29, 1.82) is 5.26 Å². The van der Waals surface area contributed by atoms with E-state index in [1.165, 1.54) is 11.8 Å². The molecule has 1 N–H and O–H groups in total. The molecule has 8 heteroatoms. The lowest BCUT2D eigenvalue weighted by atomic mass is 10.1. The van der Waals surface area contributed by atoms with Crippen molar-refractivity contribution >= 4 is 35.1 Å². The summed E-state index contributed by atoms with van der Waals surface area (Å²) in [4.78, 5) is 29.9. The highest BCUT2D eigenvalue weighted by molar-refractivity contribution is 8.01. The molecule has 0 bridgehead atoms. The first-order valence-electron chi connectivity index (χ1n) is 11.7. The SMILES string of the molecule is COc1ccc2c(c1)C1(SCCN1C(=O)Nc1ccc(C)c(C)c1)C(=O)N2Cc1cccc(C#N)c1. The molecule has 1 saturated heterocycles. The predicted molar refractivity (Wildman–Crippen MR) is 141 cm³/mol. The van der Waals surface area contributed by atoms with Gasteiger partial charge in [-0.2, -0.15) is 5.26 Å². The maximum absolute atomic E-state index is 14.2. The Morgan fingerprint density at radius 3 is 2.72 bits per heavy atom. The molecule has 36 heavy (non-hydrogen) atoms. The number of rotatable bonds is 4. The number of carbonyl (C=O) groups excluding carboxylic acids is 2. The van der Waals surface area contributed by atoms with Crippen LogP contribution in [0, 0.1) is 25.2 Å². The van der Waals surface area contributed by atoms with E-state index in [2.05, 4.69) is 11.4 Å². The van der Waals surface area contributed by atoms with Gasteiger partial charge in [-0.15, -0.1) is 11.8 Å². The Morgan fingerprint density at radius 1 is 1.14 bits per heavy atom. The van der Waals surface area contributed by atoms with E-state index in [0.29, 0.717) is 35.8 Å². The van der Waals surface area contributed by atoms with E-state index < -0.39 is 4.87 Å². The first-order valence-corrected chi connectivity index (χ1v) is 12.7. The van der Waals surface area contributed by atoms with Crippen molar-refractivity contribution < 1.29 is 14.3 Å². The molecule has 3 aromatic carbocycles. The Morgan fingerprint density at radius 2 is 1.97 bits per heavy atom. The lowest BCUT2D eigenvalue weighted by Crippen LogP contribution is -2.51. The van der Waals surface area contributed by atoms with Gasteiger partial charge in [-0.3, -0.25) is 9.69 Å². The van der Waals surface area contributed by atoms with E-state index in [9.17, 15) is 14.9 Å². The van der Waals surface area contributed by atoms with E-state index in [4.69, 9.17) is 4.74 Å². The van der Waals surface area contributed by atoms with Crippen molar-refractivity contribution in [3.05, 3.63) is 88.5 Å². The number of nitrogens with one attached hydrogen (secondary N) is 1. The fourth-order valence-corrected chi connectivity index (χ4v) is 6.26. The normalized spacial score (nSPS) is 18.3. The number of thioether (sulfide) groups is 1. The summed E-state index contributed by atoms with van der Waals surface area (Å²) in [6, 6.07) is 20.4. The third-order valence-electron chi connectivity index (χ3n) is 6.80. The van der Waals surface area contributed by atoms with Crippen LogP contribution in [0.15, 0.2) is 60.7 Å². The molecule has 0 radical (unpaired) electrons. The predicted octanol–water partition coefficient (Wildman–Crippen LogP) is 5.16. The number of aryl methyl sites for hydroxylation is 2. The van der Waals surface area contributed by atoms with Gasteiger partial charge in [0, 0.05) is 23.5 Å². The largest absolute Gasteiger partial charge is 0.497 e. The Balaban J connectivity index is 1.54. The quantitative estimate of drug-likeness (QED) is 0.537. The molecule has 1 fully saturated rings. The molecule has 1 atom stereocenters. The number of hydrogen-bond acceptors (Lipinski definition) is 5. The highest BCUT2D eigenvalue weighted by Crippen LogP contribution is 2.55. The maximum Gasteiger partial charge on any atom is 0.323 e. The lowest BCUT2D eigenvalue weighted by molar-refractivity contribution is -0.123. The Hall–Kier alpha value is -3.96. The number of nitriles is 1. The number of carbonyl (C=O) groups is 2. The molecular weight excluding hydrogens is 472 g/mol. The number of amides is 3. The molecule has 2 aliphatic rings. The molecule has 3 amide bonds. The van der Waals surface area contributed by atoms with Crippen LogP contribution < -0.4 is 15.0 Å². The van der Waals surface area contributed by atoms with Crippen LogP contribution in [0.4, 0.5) is 16.2 Å². The van der Waals surface area contributed by atoms with Gasteiger partial charge in [-0.05, 0) is 73.0 Å². The van der Waals surface area contributed by atoms with E-state index in [0.717, 1.165) is 27.9 Å². The minimum atomic E-state index is -1.19. The van der Waals surface area contributed by atoms with Crippen molar-refractivity contribution in [2.24, 2.45) is 0 Å². The number of hydrogen-bond donors (Lipinski definition) is 1. The van der Waals surface area contributed by atoms with Gasteiger partial charge in [-0.25, -0.2) is 4.79 Å². The molecule has 0 aromatic heterocycles. The van der Waals surface area contributed by atoms with Gasteiger partial charge in [-0.1, -0.05) is 18.2 Å². The molecule has 3 aromatic rings.